The fraction of sp³-hybridized carbons (Fsp3) is 0.368. The molecule has 1 aliphatic rings. The first kappa shape index (κ1) is 15.5. The first-order chi connectivity index (χ1) is 10.9. The number of Topliss-reactive ketones (excluding diaryl/α,β-unsaturated/α-hetero) is 1. The smallest absolute Gasteiger partial charge is 0.303 e. The highest BCUT2D eigenvalue weighted by molar-refractivity contribution is 6.07. The van der Waals surface area contributed by atoms with Crippen LogP contribution in [0.15, 0.2) is 30.3 Å². The minimum absolute atomic E-state index is 0.0301. The number of carboxylic acids is 1. The number of benzene rings is 2. The number of ketones is 1. The van der Waals surface area contributed by atoms with Crippen LogP contribution in [-0.4, -0.2) is 24.0 Å². The fourth-order valence-electron chi connectivity index (χ4n) is 3.44. The van der Waals surface area contributed by atoms with Gasteiger partial charge in [-0.15, -0.1) is 0 Å². The van der Waals surface area contributed by atoms with Crippen molar-refractivity contribution in [1.82, 2.24) is 0 Å². The minimum Gasteiger partial charge on any atom is -0.497 e. The molecule has 4 heteroatoms. The SMILES string of the molecule is COc1ccc2c3c(ccc2c1)C(=O)[C@@](C)(CCC(=O)O)CC3. The van der Waals surface area contributed by atoms with E-state index >= 15 is 0 Å². The van der Waals surface area contributed by atoms with Crippen LogP contribution in [0.4, 0.5) is 0 Å². The number of rotatable bonds is 4. The number of hydrogen-bond donors (Lipinski definition) is 1. The molecule has 0 aliphatic heterocycles. The molecule has 0 saturated carbocycles. The molecular weight excluding hydrogens is 292 g/mol. The molecule has 1 atom stereocenters. The molecule has 3 rings (SSSR count). The van der Waals surface area contributed by atoms with Gasteiger partial charge in [-0.25, -0.2) is 0 Å². The lowest BCUT2D eigenvalue weighted by atomic mass is 9.68. The number of carbonyl (C=O) groups is 2. The number of fused-ring (bicyclic) bond motifs is 3. The van der Waals surface area contributed by atoms with Crippen LogP contribution in [0.1, 0.15) is 42.1 Å². The van der Waals surface area contributed by atoms with Crippen molar-refractivity contribution in [2.24, 2.45) is 5.41 Å². The molecule has 0 spiro atoms. The monoisotopic (exact) mass is 312 g/mol. The van der Waals surface area contributed by atoms with Crippen molar-refractivity contribution < 1.29 is 19.4 Å². The quantitative estimate of drug-likeness (QED) is 0.931. The van der Waals surface area contributed by atoms with Crippen molar-refractivity contribution in [3.8, 4) is 5.75 Å². The van der Waals surface area contributed by atoms with Crippen molar-refractivity contribution in [2.45, 2.75) is 32.6 Å². The predicted molar refractivity (Wildman–Crippen MR) is 88.1 cm³/mol. The minimum atomic E-state index is -0.851. The topological polar surface area (TPSA) is 63.6 Å². The van der Waals surface area contributed by atoms with E-state index in [2.05, 4.69) is 0 Å². The third kappa shape index (κ3) is 2.69. The second-order valence-corrected chi connectivity index (χ2v) is 6.46. The van der Waals surface area contributed by atoms with E-state index in [1.54, 1.807) is 7.11 Å². The first-order valence-electron chi connectivity index (χ1n) is 7.81. The van der Waals surface area contributed by atoms with Gasteiger partial charge in [0.15, 0.2) is 5.78 Å². The summed E-state index contributed by atoms with van der Waals surface area (Å²) in [6.45, 7) is 1.89. The van der Waals surface area contributed by atoms with Crippen LogP contribution in [0, 0.1) is 5.41 Å². The van der Waals surface area contributed by atoms with Gasteiger partial charge in [-0.05, 0) is 47.7 Å². The van der Waals surface area contributed by atoms with E-state index in [1.165, 1.54) is 0 Å². The molecule has 0 aromatic heterocycles. The number of ether oxygens (including phenoxy) is 1. The third-order valence-corrected chi connectivity index (χ3v) is 4.95. The highest BCUT2D eigenvalue weighted by atomic mass is 16.5. The Morgan fingerprint density at radius 1 is 1.30 bits per heavy atom. The van der Waals surface area contributed by atoms with Crippen molar-refractivity contribution >= 4 is 22.5 Å². The summed E-state index contributed by atoms with van der Waals surface area (Å²) in [4.78, 5) is 23.7. The normalized spacial score (nSPS) is 20.3. The Hall–Kier alpha value is -2.36. The molecule has 0 saturated heterocycles. The Kier molecular flexibility index (Phi) is 3.84. The molecule has 2 aromatic carbocycles. The van der Waals surface area contributed by atoms with Gasteiger partial charge < -0.3 is 9.84 Å². The summed E-state index contributed by atoms with van der Waals surface area (Å²) >= 11 is 0. The van der Waals surface area contributed by atoms with E-state index in [9.17, 15) is 9.59 Å². The van der Waals surface area contributed by atoms with Crippen LogP contribution in [-0.2, 0) is 11.2 Å². The van der Waals surface area contributed by atoms with Gasteiger partial charge in [-0.2, -0.15) is 0 Å². The van der Waals surface area contributed by atoms with E-state index < -0.39 is 11.4 Å². The molecule has 0 amide bonds. The fourth-order valence-corrected chi connectivity index (χ4v) is 3.44. The maximum atomic E-state index is 12.9. The van der Waals surface area contributed by atoms with Crippen molar-refractivity contribution in [1.29, 1.82) is 0 Å². The average molecular weight is 312 g/mol. The van der Waals surface area contributed by atoms with E-state index in [4.69, 9.17) is 9.84 Å². The van der Waals surface area contributed by atoms with Crippen LogP contribution in [0.2, 0.25) is 0 Å². The summed E-state index contributed by atoms with van der Waals surface area (Å²) in [6, 6.07) is 9.69. The first-order valence-corrected chi connectivity index (χ1v) is 7.81. The highest BCUT2D eigenvalue weighted by Crippen LogP contribution is 2.41. The lowest BCUT2D eigenvalue weighted by Gasteiger charge is -2.33. The number of carboxylic acid groups (broad SMARTS) is 1. The molecule has 0 fully saturated rings. The number of methoxy groups -OCH3 is 1. The lowest BCUT2D eigenvalue weighted by Crippen LogP contribution is -2.34. The Balaban J connectivity index is 2.02. The molecule has 0 radical (unpaired) electrons. The highest BCUT2D eigenvalue weighted by Gasteiger charge is 2.38. The number of aliphatic carboxylic acids is 1. The second kappa shape index (κ2) is 5.69. The number of carbonyl (C=O) groups excluding carboxylic acids is 1. The zero-order valence-electron chi connectivity index (χ0n) is 13.4. The van der Waals surface area contributed by atoms with Gasteiger partial charge >= 0.3 is 5.97 Å². The Morgan fingerprint density at radius 3 is 2.78 bits per heavy atom. The molecule has 2 aromatic rings. The largest absolute Gasteiger partial charge is 0.497 e. The summed E-state index contributed by atoms with van der Waals surface area (Å²) in [5, 5.41) is 11.0. The van der Waals surface area contributed by atoms with Gasteiger partial charge in [0, 0.05) is 17.4 Å². The van der Waals surface area contributed by atoms with Gasteiger partial charge in [-0.1, -0.05) is 25.1 Å². The van der Waals surface area contributed by atoms with Gasteiger partial charge in [0.2, 0.25) is 0 Å². The van der Waals surface area contributed by atoms with Crippen molar-refractivity contribution in [3.05, 3.63) is 41.5 Å². The molecule has 1 aliphatic carbocycles. The van der Waals surface area contributed by atoms with E-state index in [0.29, 0.717) is 12.8 Å². The van der Waals surface area contributed by atoms with Gasteiger partial charge in [0.1, 0.15) is 5.75 Å². The van der Waals surface area contributed by atoms with Gasteiger partial charge in [-0.3, -0.25) is 9.59 Å². The molecule has 0 unspecified atom stereocenters. The van der Waals surface area contributed by atoms with Crippen LogP contribution in [0.5, 0.6) is 5.75 Å². The maximum Gasteiger partial charge on any atom is 0.303 e. The van der Waals surface area contributed by atoms with E-state index in [0.717, 1.165) is 34.1 Å². The van der Waals surface area contributed by atoms with Crippen LogP contribution < -0.4 is 4.74 Å². The van der Waals surface area contributed by atoms with Crippen LogP contribution in [0.3, 0.4) is 0 Å². The summed E-state index contributed by atoms with van der Waals surface area (Å²) in [6.07, 6.45) is 1.90. The summed E-state index contributed by atoms with van der Waals surface area (Å²) in [5.41, 5.74) is 1.23. The lowest BCUT2D eigenvalue weighted by molar-refractivity contribution is -0.137. The van der Waals surface area contributed by atoms with Crippen LogP contribution >= 0.6 is 0 Å². The molecule has 23 heavy (non-hydrogen) atoms. The van der Waals surface area contributed by atoms with Crippen LogP contribution in [0.25, 0.3) is 10.8 Å². The second-order valence-electron chi connectivity index (χ2n) is 6.46. The van der Waals surface area contributed by atoms with E-state index in [-0.39, 0.29) is 12.2 Å². The summed E-state index contributed by atoms with van der Waals surface area (Å²) in [7, 11) is 1.64. The van der Waals surface area contributed by atoms with Gasteiger partial charge in [0.05, 0.1) is 7.11 Å². The Bertz CT molecular complexity index is 793. The number of aryl methyl sites for hydroxylation is 1. The zero-order chi connectivity index (χ0) is 16.6. The summed E-state index contributed by atoms with van der Waals surface area (Å²) < 4.78 is 5.25. The predicted octanol–water partition coefficient (Wildman–Crippen LogP) is 3.85. The molecular formula is C19H20O4. The molecule has 1 N–H and O–H groups in total. The van der Waals surface area contributed by atoms with Crippen molar-refractivity contribution in [2.75, 3.05) is 7.11 Å². The molecule has 0 heterocycles. The van der Waals surface area contributed by atoms with E-state index in [1.807, 2.05) is 37.3 Å². The molecule has 120 valence electrons. The summed E-state index contributed by atoms with van der Waals surface area (Å²) in [5.74, 6) is 0.0130. The molecule has 4 nitrogen and oxygen atoms in total. The molecule has 0 bridgehead atoms. The Labute approximate surface area is 135 Å². The number of hydrogen-bond acceptors (Lipinski definition) is 3. The van der Waals surface area contributed by atoms with Gasteiger partial charge in [0.25, 0.3) is 0 Å². The Morgan fingerprint density at radius 2 is 2.09 bits per heavy atom. The average Bonchev–Trinajstić information content (AvgIpc) is 2.55. The third-order valence-electron chi connectivity index (χ3n) is 4.95. The standard InChI is InChI=1S/C19H20O4/c1-19(10-8-17(20)21)9-7-15-14-6-4-13(23-2)11-12(14)3-5-16(15)18(19)22/h3-6,11H,7-10H2,1-2H3,(H,20,21)/t19-/m1/s1. The zero-order valence-corrected chi connectivity index (χ0v) is 13.4. The van der Waals surface area contributed by atoms with Crippen molar-refractivity contribution in [3.63, 3.8) is 0 Å². The maximum absolute atomic E-state index is 12.9.